The van der Waals surface area contributed by atoms with Crippen LogP contribution in [0.2, 0.25) is 0 Å². The van der Waals surface area contributed by atoms with Gasteiger partial charge in [0, 0.05) is 0 Å². The lowest BCUT2D eigenvalue weighted by Crippen LogP contribution is -2.18. The van der Waals surface area contributed by atoms with Crippen LogP contribution in [-0.4, -0.2) is 18.9 Å². The van der Waals surface area contributed by atoms with Gasteiger partial charge in [0.2, 0.25) is 0 Å². The van der Waals surface area contributed by atoms with Crippen molar-refractivity contribution in [1.82, 2.24) is 0 Å². The summed E-state index contributed by atoms with van der Waals surface area (Å²) in [5, 5.41) is 0. The predicted octanol–water partition coefficient (Wildman–Crippen LogP) is 4.95. The van der Waals surface area contributed by atoms with E-state index < -0.39 is 11.8 Å². The monoisotopic (exact) mass is 364 g/mol. The van der Waals surface area contributed by atoms with Crippen molar-refractivity contribution < 1.29 is 19.1 Å². The molecule has 0 spiro atoms. The molecule has 0 aliphatic heterocycles. The number of methoxy groups -OCH3 is 1. The van der Waals surface area contributed by atoms with Crippen LogP contribution in [0.1, 0.15) is 37.3 Å². The molecule has 0 aromatic heterocycles. The van der Waals surface area contributed by atoms with E-state index in [9.17, 15) is 9.59 Å². The topological polar surface area (TPSA) is 52.6 Å². The highest BCUT2D eigenvalue weighted by atomic mass is 16.5. The van der Waals surface area contributed by atoms with Crippen molar-refractivity contribution >= 4 is 17.8 Å². The lowest BCUT2D eigenvalue weighted by atomic mass is 9.99. The smallest absolute Gasteiger partial charge is 0.384 e. The zero-order chi connectivity index (χ0) is 19.6. The van der Waals surface area contributed by atoms with Crippen molar-refractivity contribution in [3.63, 3.8) is 0 Å². The van der Waals surface area contributed by atoms with Gasteiger partial charge in [-0.2, -0.15) is 0 Å². The fourth-order valence-corrected chi connectivity index (χ4v) is 2.38. The Morgan fingerprint density at radius 3 is 2.44 bits per heavy atom. The predicted molar refractivity (Wildman–Crippen MR) is 107 cm³/mol. The van der Waals surface area contributed by atoms with Crippen molar-refractivity contribution in [3.8, 4) is 11.5 Å². The van der Waals surface area contributed by atoms with Crippen molar-refractivity contribution in [2.24, 2.45) is 0 Å². The van der Waals surface area contributed by atoms with Crippen LogP contribution in [0.15, 0.2) is 66.8 Å². The molecule has 140 valence electrons. The van der Waals surface area contributed by atoms with Crippen molar-refractivity contribution in [2.75, 3.05) is 7.11 Å². The molecule has 4 nitrogen and oxygen atoms in total. The normalized spacial score (nSPS) is 12.3. The maximum atomic E-state index is 11.9. The van der Waals surface area contributed by atoms with Gasteiger partial charge in [-0.25, -0.2) is 4.79 Å². The number of esters is 1. The maximum Gasteiger partial charge on any atom is 0.384 e. The Labute approximate surface area is 160 Å². The van der Waals surface area contributed by atoms with Crippen LogP contribution in [0.5, 0.6) is 11.5 Å². The quantitative estimate of drug-likeness (QED) is 0.219. The fraction of sp³-hybridized carbons (Fsp3) is 0.217. The molecular formula is C23H24O4. The lowest BCUT2D eigenvalue weighted by molar-refractivity contribution is -0.144. The van der Waals surface area contributed by atoms with Crippen LogP contribution >= 0.6 is 0 Å². The highest BCUT2D eigenvalue weighted by molar-refractivity contribution is 6.38. The Kier molecular flexibility index (Phi) is 7.56. The van der Waals surface area contributed by atoms with Gasteiger partial charge in [0.15, 0.2) is 0 Å². The molecule has 27 heavy (non-hydrogen) atoms. The molecule has 2 rings (SSSR count). The Hall–Kier alpha value is -3.14. The third-order valence-electron chi connectivity index (χ3n) is 4.21. The summed E-state index contributed by atoms with van der Waals surface area (Å²) in [4.78, 5) is 23.7. The Morgan fingerprint density at radius 2 is 1.78 bits per heavy atom. The van der Waals surface area contributed by atoms with Gasteiger partial charge < -0.3 is 9.47 Å². The van der Waals surface area contributed by atoms with Gasteiger partial charge >= 0.3 is 5.97 Å². The molecule has 0 aliphatic rings. The van der Waals surface area contributed by atoms with E-state index in [4.69, 9.17) is 9.47 Å². The first-order chi connectivity index (χ1) is 13.0. The number of allylic oxidation sites excluding steroid dienone is 2. The minimum Gasteiger partial charge on any atom is -0.497 e. The summed E-state index contributed by atoms with van der Waals surface area (Å²) in [7, 11) is 1.60. The van der Waals surface area contributed by atoms with Gasteiger partial charge in [-0.05, 0) is 53.8 Å². The Balaban J connectivity index is 1.90. The largest absolute Gasteiger partial charge is 0.497 e. The summed E-state index contributed by atoms with van der Waals surface area (Å²) < 4.78 is 10.3. The van der Waals surface area contributed by atoms with Crippen LogP contribution in [-0.2, 0) is 9.59 Å². The molecular weight excluding hydrogens is 340 g/mol. The molecule has 2 aromatic carbocycles. The van der Waals surface area contributed by atoms with Crippen LogP contribution in [0.25, 0.3) is 6.08 Å². The molecule has 0 fully saturated rings. The van der Waals surface area contributed by atoms with Gasteiger partial charge in [-0.3, -0.25) is 4.79 Å². The summed E-state index contributed by atoms with van der Waals surface area (Å²) >= 11 is 0. The number of hydrogen-bond donors (Lipinski definition) is 0. The van der Waals surface area contributed by atoms with Crippen LogP contribution < -0.4 is 9.47 Å². The number of ether oxygens (including phenoxy) is 2. The van der Waals surface area contributed by atoms with Gasteiger partial charge in [-0.1, -0.05) is 56.3 Å². The molecule has 0 saturated heterocycles. The molecule has 0 saturated carbocycles. The number of hydrogen-bond acceptors (Lipinski definition) is 4. The number of carbonyl (C=O) groups is 2. The second-order valence-corrected chi connectivity index (χ2v) is 6.13. The van der Waals surface area contributed by atoms with E-state index in [0.717, 1.165) is 17.7 Å². The first kappa shape index (κ1) is 20.2. The minimum atomic E-state index is -0.905. The zero-order valence-corrected chi connectivity index (χ0v) is 15.8. The van der Waals surface area contributed by atoms with Crippen LogP contribution in [0.4, 0.5) is 0 Å². The Bertz CT molecular complexity index is 832. The first-order valence-electron chi connectivity index (χ1n) is 8.88. The van der Waals surface area contributed by atoms with Gasteiger partial charge in [0.25, 0.3) is 5.78 Å². The van der Waals surface area contributed by atoms with E-state index in [1.54, 1.807) is 25.3 Å². The SMILES string of the molecule is CCC(C)c1ccc(OC(=O)C(=O)/C=C/C=C/c2cccc(OC)c2)cc1. The van der Waals surface area contributed by atoms with Gasteiger partial charge in [0.05, 0.1) is 7.11 Å². The van der Waals surface area contributed by atoms with E-state index in [-0.39, 0.29) is 0 Å². The van der Waals surface area contributed by atoms with Crippen molar-refractivity contribution in [2.45, 2.75) is 26.2 Å². The summed E-state index contributed by atoms with van der Waals surface area (Å²) in [6.45, 7) is 4.25. The second-order valence-electron chi connectivity index (χ2n) is 6.13. The van der Waals surface area contributed by atoms with Crippen molar-refractivity contribution in [1.29, 1.82) is 0 Å². The second kappa shape index (κ2) is 10.1. The molecule has 1 unspecified atom stereocenters. The highest BCUT2D eigenvalue weighted by Gasteiger charge is 2.13. The number of carbonyl (C=O) groups excluding carboxylic acids is 2. The summed E-state index contributed by atoms with van der Waals surface area (Å²) in [5.74, 6) is -0.0647. The molecule has 0 amide bonds. The van der Waals surface area contributed by atoms with Crippen molar-refractivity contribution in [3.05, 3.63) is 77.9 Å². The third-order valence-corrected chi connectivity index (χ3v) is 4.21. The number of rotatable bonds is 8. The van der Waals surface area contributed by atoms with E-state index in [0.29, 0.717) is 11.7 Å². The first-order valence-corrected chi connectivity index (χ1v) is 8.88. The lowest BCUT2D eigenvalue weighted by Gasteiger charge is -2.09. The average molecular weight is 364 g/mol. The molecule has 0 heterocycles. The summed E-state index contributed by atoms with van der Waals surface area (Å²) in [6, 6.07) is 14.7. The molecule has 2 aromatic rings. The Morgan fingerprint density at radius 1 is 1.04 bits per heavy atom. The summed E-state index contributed by atoms with van der Waals surface area (Å²) in [5.41, 5.74) is 2.10. The minimum absolute atomic E-state index is 0.362. The number of ketones is 1. The molecule has 0 bridgehead atoms. The van der Waals surface area contributed by atoms with Crippen LogP contribution in [0.3, 0.4) is 0 Å². The van der Waals surface area contributed by atoms with E-state index in [1.807, 2.05) is 42.5 Å². The molecule has 0 N–H and O–H groups in total. The van der Waals surface area contributed by atoms with E-state index in [1.165, 1.54) is 17.7 Å². The molecule has 0 radical (unpaired) electrons. The van der Waals surface area contributed by atoms with Gasteiger partial charge in [0.1, 0.15) is 11.5 Å². The average Bonchev–Trinajstić information content (AvgIpc) is 2.71. The zero-order valence-electron chi connectivity index (χ0n) is 15.8. The molecule has 4 heteroatoms. The van der Waals surface area contributed by atoms with Crippen LogP contribution in [0, 0.1) is 0 Å². The summed E-state index contributed by atoms with van der Waals surface area (Å²) in [6.07, 6.45) is 7.22. The standard InChI is InChI=1S/C23H24O4/c1-4-17(2)19-12-14-20(15-13-19)27-23(25)22(24)11-6-5-8-18-9-7-10-21(16-18)26-3/h5-17H,4H2,1-3H3/b8-5+,11-6+. The van der Waals surface area contributed by atoms with E-state index >= 15 is 0 Å². The molecule has 1 atom stereocenters. The van der Waals surface area contributed by atoms with E-state index in [2.05, 4.69) is 13.8 Å². The maximum absolute atomic E-state index is 11.9. The highest BCUT2D eigenvalue weighted by Crippen LogP contribution is 2.21. The number of benzene rings is 2. The fourth-order valence-electron chi connectivity index (χ4n) is 2.38. The molecule has 0 aliphatic carbocycles. The third kappa shape index (κ3) is 6.26. The van der Waals surface area contributed by atoms with Gasteiger partial charge in [-0.15, -0.1) is 0 Å².